The number of amides is 1. The molecule has 0 aliphatic carbocycles. The van der Waals surface area contributed by atoms with Gasteiger partial charge in [0.05, 0.1) is 38.8 Å². The monoisotopic (exact) mass is 456 g/mol. The Morgan fingerprint density at radius 2 is 1.94 bits per heavy atom. The summed E-state index contributed by atoms with van der Waals surface area (Å²) in [6.45, 7) is 4.88. The Kier molecular flexibility index (Phi) is 5.56. The molecular weight excluding hydrogens is 432 g/mol. The smallest absolute Gasteiger partial charge is 0.254 e. The summed E-state index contributed by atoms with van der Waals surface area (Å²) in [5.41, 5.74) is 4.75. The molecule has 0 spiro atoms. The number of aromatic nitrogens is 3. The zero-order valence-corrected chi connectivity index (χ0v) is 19.5. The Bertz CT molecular complexity index is 1350. The van der Waals surface area contributed by atoms with Crippen LogP contribution in [-0.4, -0.2) is 51.8 Å². The molecule has 5 rings (SSSR count). The van der Waals surface area contributed by atoms with Crippen molar-refractivity contribution in [1.82, 2.24) is 19.7 Å². The second kappa shape index (κ2) is 8.68. The van der Waals surface area contributed by atoms with E-state index >= 15 is 0 Å². The van der Waals surface area contributed by atoms with E-state index < -0.39 is 0 Å². The van der Waals surface area contributed by atoms with Crippen LogP contribution in [0.1, 0.15) is 28.0 Å². The Morgan fingerprint density at radius 3 is 2.67 bits per heavy atom. The predicted molar refractivity (Wildman–Crippen MR) is 130 cm³/mol. The molecule has 0 bridgehead atoms. The molecule has 4 heterocycles. The summed E-state index contributed by atoms with van der Waals surface area (Å²) in [4.78, 5) is 23.9. The number of thiophene rings is 1. The first kappa shape index (κ1) is 21.2. The van der Waals surface area contributed by atoms with Gasteiger partial charge in [-0.15, -0.1) is 11.3 Å². The maximum absolute atomic E-state index is 13.8. The van der Waals surface area contributed by atoms with Crippen LogP contribution in [-0.2, 0) is 7.05 Å². The van der Waals surface area contributed by atoms with Crippen LogP contribution in [0.2, 0.25) is 0 Å². The molecule has 4 aromatic rings. The molecule has 3 aromatic heterocycles. The van der Waals surface area contributed by atoms with E-state index in [2.05, 4.69) is 16.1 Å². The van der Waals surface area contributed by atoms with Crippen molar-refractivity contribution < 1.29 is 4.79 Å². The van der Waals surface area contributed by atoms with E-state index in [9.17, 15) is 4.79 Å². The molecule has 7 nitrogen and oxygen atoms in total. The number of anilines is 1. The van der Waals surface area contributed by atoms with Crippen LogP contribution in [0.15, 0.2) is 47.8 Å². The van der Waals surface area contributed by atoms with Crippen LogP contribution >= 0.6 is 11.3 Å². The number of benzene rings is 1. The van der Waals surface area contributed by atoms with Crippen molar-refractivity contribution in [3.8, 4) is 16.6 Å². The number of pyridine rings is 1. The first-order chi connectivity index (χ1) is 16.0. The highest BCUT2D eigenvalue weighted by Crippen LogP contribution is 2.30. The van der Waals surface area contributed by atoms with E-state index in [-0.39, 0.29) is 5.91 Å². The zero-order chi connectivity index (χ0) is 22.9. The van der Waals surface area contributed by atoms with Gasteiger partial charge in [0.15, 0.2) is 5.65 Å². The highest BCUT2D eigenvalue weighted by molar-refractivity contribution is 7.13. The third-order valence-electron chi connectivity index (χ3n) is 6.12. The van der Waals surface area contributed by atoms with Crippen molar-refractivity contribution in [3.63, 3.8) is 0 Å². The Morgan fingerprint density at radius 1 is 1.12 bits per heavy atom. The molecule has 1 aromatic carbocycles. The zero-order valence-electron chi connectivity index (χ0n) is 18.7. The van der Waals surface area contributed by atoms with Gasteiger partial charge in [0.1, 0.15) is 0 Å². The molecule has 0 radical (unpaired) electrons. The fourth-order valence-corrected chi connectivity index (χ4v) is 5.15. The molecule has 1 saturated heterocycles. The number of hydrogen-bond donors (Lipinski definition) is 0. The maximum Gasteiger partial charge on any atom is 0.254 e. The van der Waals surface area contributed by atoms with Crippen molar-refractivity contribution in [2.75, 3.05) is 31.1 Å². The van der Waals surface area contributed by atoms with Gasteiger partial charge < -0.3 is 9.80 Å². The highest BCUT2D eigenvalue weighted by Gasteiger charge is 2.25. The van der Waals surface area contributed by atoms with E-state index in [1.807, 2.05) is 66.7 Å². The quantitative estimate of drug-likeness (QED) is 0.461. The normalized spacial score (nSPS) is 14.3. The first-order valence-corrected chi connectivity index (χ1v) is 11.9. The van der Waals surface area contributed by atoms with Crippen molar-refractivity contribution in [3.05, 3.63) is 64.7 Å². The Labute approximate surface area is 196 Å². The molecule has 8 heteroatoms. The second-order valence-corrected chi connectivity index (χ2v) is 9.18. The van der Waals surface area contributed by atoms with Gasteiger partial charge in [-0.1, -0.05) is 6.07 Å². The Balaban J connectivity index is 1.45. The molecule has 33 heavy (non-hydrogen) atoms. The summed E-state index contributed by atoms with van der Waals surface area (Å²) >= 11 is 1.61. The minimum atomic E-state index is 0.0259. The van der Waals surface area contributed by atoms with E-state index in [1.165, 1.54) is 0 Å². The summed E-state index contributed by atoms with van der Waals surface area (Å²) in [6, 6.07) is 15.8. The molecule has 1 fully saturated rings. The number of nitriles is 1. The lowest BCUT2D eigenvalue weighted by Crippen LogP contribution is -2.35. The molecule has 1 amide bonds. The number of rotatable bonds is 3. The van der Waals surface area contributed by atoms with E-state index in [0.717, 1.165) is 52.5 Å². The fraction of sp³-hybridized carbons (Fsp3) is 0.280. The van der Waals surface area contributed by atoms with Gasteiger partial charge in [0.25, 0.3) is 5.91 Å². The Hall–Kier alpha value is -3.70. The fourth-order valence-electron chi connectivity index (χ4n) is 4.46. The largest absolute Gasteiger partial charge is 0.370 e. The van der Waals surface area contributed by atoms with E-state index in [0.29, 0.717) is 24.2 Å². The van der Waals surface area contributed by atoms with Gasteiger partial charge in [-0.05, 0) is 55.1 Å². The number of aryl methyl sites for hydroxylation is 2. The second-order valence-electron chi connectivity index (χ2n) is 8.23. The number of nitrogens with zero attached hydrogens (tertiary/aromatic N) is 6. The number of fused-ring (bicyclic) bond motifs is 1. The summed E-state index contributed by atoms with van der Waals surface area (Å²) in [7, 11) is 1.87. The van der Waals surface area contributed by atoms with Crippen LogP contribution in [0.25, 0.3) is 21.6 Å². The molecule has 0 N–H and O–H groups in total. The lowest BCUT2D eigenvalue weighted by atomic mass is 10.1. The topological polar surface area (TPSA) is 78.1 Å². The third kappa shape index (κ3) is 3.96. The maximum atomic E-state index is 13.8. The molecule has 166 valence electrons. The van der Waals surface area contributed by atoms with Crippen LogP contribution in [0.3, 0.4) is 0 Å². The van der Waals surface area contributed by atoms with Gasteiger partial charge in [-0.25, -0.2) is 4.98 Å². The lowest BCUT2D eigenvalue weighted by molar-refractivity contribution is 0.0769. The standard InChI is InChI=1S/C25H24N6OS/c1-17-23-20(15-21(22-5-3-14-33-22)27-24(23)29(2)28-17)25(32)31-11-4-10-30(12-13-31)19-8-6-18(16-26)7-9-19/h3,5-9,14-15H,4,10-13H2,1-2H3. The molecule has 1 aliphatic heterocycles. The minimum Gasteiger partial charge on any atom is -0.370 e. The summed E-state index contributed by atoms with van der Waals surface area (Å²) in [6.07, 6.45) is 0.879. The number of carbonyl (C=O) groups excluding carboxylic acids is 1. The molecule has 0 unspecified atom stereocenters. The van der Waals surface area contributed by atoms with Gasteiger partial charge in [0, 0.05) is 38.9 Å². The number of hydrogen-bond acceptors (Lipinski definition) is 6. The molecule has 1 aliphatic rings. The average molecular weight is 457 g/mol. The van der Waals surface area contributed by atoms with Crippen LogP contribution in [0.4, 0.5) is 5.69 Å². The molecule has 0 atom stereocenters. The minimum absolute atomic E-state index is 0.0259. The average Bonchev–Trinajstić information content (AvgIpc) is 3.39. The van der Waals surface area contributed by atoms with Crippen molar-refractivity contribution in [1.29, 1.82) is 5.26 Å². The van der Waals surface area contributed by atoms with Gasteiger partial charge >= 0.3 is 0 Å². The highest BCUT2D eigenvalue weighted by atomic mass is 32.1. The summed E-state index contributed by atoms with van der Waals surface area (Å²) in [5, 5.41) is 16.4. The van der Waals surface area contributed by atoms with Gasteiger partial charge in [-0.2, -0.15) is 10.4 Å². The molecular formula is C25H24N6OS. The molecule has 0 saturated carbocycles. The van der Waals surface area contributed by atoms with Crippen LogP contribution < -0.4 is 4.90 Å². The number of carbonyl (C=O) groups is 1. The predicted octanol–water partition coefficient (Wildman–Crippen LogP) is 4.23. The van der Waals surface area contributed by atoms with Crippen molar-refractivity contribution in [2.45, 2.75) is 13.3 Å². The van der Waals surface area contributed by atoms with E-state index in [1.54, 1.807) is 16.0 Å². The third-order valence-corrected chi connectivity index (χ3v) is 7.01. The van der Waals surface area contributed by atoms with Crippen molar-refractivity contribution >= 4 is 34.0 Å². The summed E-state index contributed by atoms with van der Waals surface area (Å²) in [5.74, 6) is 0.0259. The van der Waals surface area contributed by atoms with Crippen LogP contribution in [0, 0.1) is 18.3 Å². The SMILES string of the molecule is Cc1nn(C)c2nc(-c3cccs3)cc(C(=O)N3CCCN(c4ccc(C#N)cc4)CC3)c12. The van der Waals surface area contributed by atoms with Gasteiger partial charge in [-0.3, -0.25) is 9.48 Å². The summed E-state index contributed by atoms with van der Waals surface area (Å²) < 4.78 is 1.76. The lowest BCUT2D eigenvalue weighted by Gasteiger charge is -2.24. The first-order valence-electron chi connectivity index (χ1n) is 11.0. The van der Waals surface area contributed by atoms with Gasteiger partial charge in [0.2, 0.25) is 0 Å². The van der Waals surface area contributed by atoms with Crippen molar-refractivity contribution in [2.24, 2.45) is 7.05 Å². The van der Waals surface area contributed by atoms with E-state index in [4.69, 9.17) is 10.2 Å². The van der Waals surface area contributed by atoms with Crippen LogP contribution in [0.5, 0.6) is 0 Å².